The molecule has 1 aromatic carbocycles. The van der Waals surface area contributed by atoms with Crippen LogP contribution in [0.2, 0.25) is 0 Å². The largest absolute Gasteiger partial charge is 0.502 e. The van der Waals surface area contributed by atoms with Gasteiger partial charge in [-0.3, -0.25) is 19.3 Å². The molecule has 0 unspecified atom stereocenters. The number of hydrogen-bond acceptors (Lipinski definition) is 5. The third-order valence-electron chi connectivity index (χ3n) is 2.47. The van der Waals surface area contributed by atoms with Crippen LogP contribution in [0.1, 0.15) is 5.56 Å². The van der Waals surface area contributed by atoms with Crippen LogP contribution >= 0.6 is 23.6 Å². The molecule has 1 aromatic rings. The van der Waals surface area contributed by atoms with Gasteiger partial charge in [0, 0.05) is 23.6 Å². The van der Waals surface area contributed by atoms with E-state index in [4.69, 9.17) is 33.0 Å². The summed E-state index contributed by atoms with van der Waals surface area (Å²) in [4.78, 5) is 26.7. The Kier molecular flexibility index (Phi) is 6.13. The first kappa shape index (κ1) is 16.9. The summed E-state index contributed by atoms with van der Waals surface area (Å²) in [6, 6.07) is 2.81. The molecule has 0 radical (unpaired) electrons. The number of phenols is 1. The topological polar surface area (TPSA) is 96.9 Å². The maximum Gasteiger partial charge on any atom is 0.271 e. The summed E-state index contributed by atoms with van der Waals surface area (Å²) in [5.74, 6) is -1.68. The number of methoxy groups -OCH3 is 2. The molecule has 0 bridgehead atoms. The number of carbonyl (C=O) groups is 2. The number of benzene rings is 1. The van der Waals surface area contributed by atoms with Crippen LogP contribution in [0, 0.1) is 0 Å². The van der Waals surface area contributed by atoms with Crippen molar-refractivity contribution in [2.75, 3.05) is 14.2 Å². The minimum absolute atomic E-state index is 0.109. The molecule has 0 saturated carbocycles. The summed E-state index contributed by atoms with van der Waals surface area (Å²) in [6.45, 7) is 0. The molecule has 0 fully saturated rings. The van der Waals surface area contributed by atoms with E-state index >= 15 is 0 Å². The number of rotatable bonds is 5. The Morgan fingerprint density at radius 1 is 1.10 bits per heavy atom. The molecule has 0 saturated heterocycles. The molecule has 114 valence electrons. The number of phenolic OH excluding ortho intramolecular Hbond substituents is 1. The molecule has 21 heavy (non-hydrogen) atoms. The van der Waals surface area contributed by atoms with Gasteiger partial charge in [-0.1, -0.05) is 0 Å². The van der Waals surface area contributed by atoms with E-state index in [-0.39, 0.29) is 22.8 Å². The zero-order valence-corrected chi connectivity index (χ0v) is 12.6. The number of aromatic hydroxyl groups is 1. The van der Waals surface area contributed by atoms with Crippen molar-refractivity contribution in [2.45, 2.75) is 0 Å². The maximum atomic E-state index is 11.5. The van der Waals surface area contributed by atoms with Gasteiger partial charge in [0.05, 0.1) is 14.2 Å². The quantitative estimate of drug-likeness (QED) is 0.326. The fraction of sp³-hybridized carbons (Fsp3) is 0.167. The first-order chi connectivity index (χ1) is 9.98. The van der Waals surface area contributed by atoms with Gasteiger partial charge in [0.2, 0.25) is 5.75 Å². The van der Waals surface area contributed by atoms with Crippen LogP contribution in [-0.4, -0.2) is 31.1 Å². The second kappa shape index (κ2) is 7.61. The van der Waals surface area contributed by atoms with Crippen LogP contribution in [0.15, 0.2) is 17.7 Å². The van der Waals surface area contributed by atoms with E-state index in [1.807, 2.05) is 0 Å². The first-order valence-electron chi connectivity index (χ1n) is 5.47. The summed E-state index contributed by atoms with van der Waals surface area (Å²) in [6.07, 6.45) is 1.21. The van der Waals surface area contributed by atoms with Gasteiger partial charge in [0.25, 0.3) is 11.8 Å². The molecule has 7 nitrogen and oxygen atoms in total. The van der Waals surface area contributed by atoms with E-state index < -0.39 is 11.8 Å². The lowest BCUT2D eigenvalue weighted by atomic mass is 10.1. The van der Waals surface area contributed by atoms with E-state index in [9.17, 15) is 14.7 Å². The predicted octanol–water partition coefficient (Wildman–Crippen LogP) is 1.33. The lowest BCUT2D eigenvalue weighted by molar-refractivity contribution is -0.121. The molecule has 0 aromatic heterocycles. The highest BCUT2D eigenvalue weighted by Gasteiger charge is 2.18. The third-order valence-corrected chi connectivity index (χ3v) is 2.82. The third kappa shape index (κ3) is 3.93. The zero-order chi connectivity index (χ0) is 16.0. The average Bonchev–Trinajstić information content (AvgIpc) is 2.52. The average molecular weight is 335 g/mol. The van der Waals surface area contributed by atoms with Crippen molar-refractivity contribution in [3.05, 3.63) is 23.3 Å². The highest BCUT2D eigenvalue weighted by Crippen LogP contribution is 2.37. The molecular formula is C12H12Cl2N2O5. The van der Waals surface area contributed by atoms with Crippen LogP contribution in [0.4, 0.5) is 0 Å². The second-order valence-corrected chi connectivity index (χ2v) is 4.06. The Hall–Kier alpha value is -2.12. The van der Waals surface area contributed by atoms with Crippen LogP contribution in [-0.2, 0) is 9.59 Å². The number of hydrogen-bond donors (Lipinski definition) is 3. The Morgan fingerprint density at radius 3 is 1.86 bits per heavy atom. The standard InChI is InChI=1S/C12H12Cl2N2O5/c1-20-8-4-6(5-9(21-2)10(8)17)3-7(11(18)15-13)12(19)16-14/h3-5,17H,1-2H3,(H,15,18)(H,16,19). The number of carbonyl (C=O) groups excluding carboxylic acids is 2. The lowest BCUT2D eigenvalue weighted by Crippen LogP contribution is -2.26. The van der Waals surface area contributed by atoms with Gasteiger partial charge in [0.1, 0.15) is 5.57 Å². The van der Waals surface area contributed by atoms with Crippen LogP contribution in [0.5, 0.6) is 17.2 Å². The normalized spacial score (nSPS) is 9.52. The minimum Gasteiger partial charge on any atom is -0.502 e. The molecule has 2 amide bonds. The van der Waals surface area contributed by atoms with Crippen molar-refractivity contribution in [1.29, 1.82) is 0 Å². The molecule has 9 heteroatoms. The SMILES string of the molecule is COc1cc(C=C(C(=O)NCl)C(=O)NCl)cc(OC)c1O. The fourth-order valence-corrected chi connectivity index (χ4v) is 1.70. The fourth-order valence-electron chi connectivity index (χ4n) is 1.50. The van der Waals surface area contributed by atoms with Crippen molar-refractivity contribution in [3.63, 3.8) is 0 Å². The highest BCUT2D eigenvalue weighted by molar-refractivity contribution is 6.35. The van der Waals surface area contributed by atoms with Crippen LogP contribution in [0.25, 0.3) is 6.08 Å². The van der Waals surface area contributed by atoms with Gasteiger partial charge in [-0.25, -0.2) is 0 Å². The van der Waals surface area contributed by atoms with Gasteiger partial charge < -0.3 is 14.6 Å². The highest BCUT2D eigenvalue weighted by atomic mass is 35.5. The van der Waals surface area contributed by atoms with Crippen LogP contribution in [0.3, 0.4) is 0 Å². The number of nitrogens with one attached hydrogen (secondary N) is 2. The predicted molar refractivity (Wildman–Crippen MR) is 77.2 cm³/mol. The van der Waals surface area contributed by atoms with Gasteiger partial charge in [-0.05, 0) is 23.8 Å². The molecule has 0 spiro atoms. The monoisotopic (exact) mass is 334 g/mol. The van der Waals surface area contributed by atoms with E-state index in [2.05, 4.69) is 0 Å². The van der Waals surface area contributed by atoms with Crippen molar-refractivity contribution in [3.8, 4) is 17.2 Å². The molecule has 0 aliphatic carbocycles. The summed E-state index contributed by atoms with van der Waals surface area (Å²) < 4.78 is 9.94. The first-order valence-corrected chi connectivity index (χ1v) is 6.22. The molecule has 3 N–H and O–H groups in total. The van der Waals surface area contributed by atoms with Gasteiger partial charge in [-0.2, -0.15) is 0 Å². The Bertz CT molecular complexity index is 546. The van der Waals surface area contributed by atoms with E-state index in [1.165, 1.54) is 32.4 Å². The molecular weight excluding hydrogens is 323 g/mol. The van der Waals surface area contributed by atoms with Crippen molar-refractivity contribution in [1.82, 2.24) is 9.67 Å². The lowest BCUT2D eigenvalue weighted by Gasteiger charge is -2.10. The summed E-state index contributed by atoms with van der Waals surface area (Å²) in [5, 5.41) is 9.79. The molecule has 0 heterocycles. The Balaban J connectivity index is 3.39. The maximum absolute atomic E-state index is 11.5. The number of amides is 2. The molecule has 0 aliphatic heterocycles. The Morgan fingerprint density at radius 2 is 1.52 bits per heavy atom. The van der Waals surface area contributed by atoms with Crippen molar-refractivity contribution >= 4 is 41.4 Å². The van der Waals surface area contributed by atoms with E-state index in [0.717, 1.165) is 0 Å². The van der Waals surface area contributed by atoms with Gasteiger partial charge in [0.15, 0.2) is 11.5 Å². The summed E-state index contributed by atoms with van der Waals surface area (Å²) in [5.41, 5.74) is 0.0202. The summed E-state index contributed by atoms with van der Waals surface area (Å²) in [7, 11) is 2.69. The molecule has 0 atom stereocenters. The van der Waals surface area contributed by atoms with Crippen LogP contribution < -0.4 is 19.1 Å². The minimum atomic E-state index is -0.846. The van der Waals surface area contributed by atoms with E-state index in [1.54, 1.807) is 9.67 Å². The Labute approximate surface area is 130 Å². The second-order valence-electron chi connectivity index (χ2n) is 3.68. The van der Waals surface area contributed by atoms with Crippen molar-refractivity contribution in [2.24, 2.45) is 0 Å². The molecule has 0 aliphatic rings. The van der Waals surface area contributed by atoms with Crippen molar-refractivity contribution < 1.29 is 24.2 Å². The van der Waals surface area contributed by atoms with E-state index in [0.29, 0.717) is 5.56 Å². The zero-order valence-electron chi connectivity index (χ0n) is 11.1. The molecule has 1 rings (SSSR count). The number of halogens is 2. The summed E-state index contributed by atoms with van der Waals surface area (Å²) >= 11 is 10.4. The number of ether oxygens (including phenoxy) is 2. The smallest absolute Gasteiger partial charge is 0.271 e. The van der Waals surface area contributed by atoms with Gasteiger partial charge in [-0.15, -0.1) is 0 Å². The van der Waals surface area contributed by atoms with Gasteiger partial charge >= 0.3 is 0 Å².